The predicted octanol–water partition coefficient (Wildman–Crippen LogP) is 0.470. The number of ether oxygens (including phenoxy) is 1. The fourth-order valence-electron chi connectivity index (χ4n) is 12.2. The van der Waals surface area contributed by atoms with Gasteiger partial charge in [-0.15, -0.1) is 0 Å². The summed E-state index contributed by atoms with van der Waals surface area (Å²) in [6, 6.07) is 0. The summed E-state index contributed by atoms with van der Waals surface area (Å²) in [4.78, 5) is 48.5. The molecule has 0 aliphatic heterocycles. The predicted molar refractivity (Wildman–Crippen MR) is 158 cm³/mol. The molecule has 5 aliphatic rings. The van der Waals surface area contributed by atoms with Crippen LogP contribution in [-0.2, 0) is 23.4 Å². The molecule has 7 nitrogen and oxygen atoms in total. The van der Waals surface area contributed by atoms with Crippen LogP contribution < -0.4 is 68.9 Å². The molecule has 5 aliphatic carbocycles. The molecule has 5 fully saturated rings. The van der Waals surface area contributed by atoms with Crippen LogP contribution in [0.1, 0.15) is 126 Å². The molecule has 0 unspecified atom stereocenters. The van der Waals surface area contributed by atoms with Crippen molar-refractivity contribution in [3.63, 3.8) is 0 Å². The van der Waals surface area contributed by atoms with E-state index in [1.54, 1.807) is 0 Å². The zero-order valence-electron chi connectivity index (χ0n) is 29.2. The van der Waals surface area contributed by atoms with E-state index in [1.165, 1.54) is 12.8 Å². The summed E-state index contributed by atoms with van der Waals surface area (Å²) in [7, 11) is -4.97. The average Bonchev–Trinajstić information content (AvgIpc) is 3.29. The van der Waals surface area contributed by atoms with Crippen LogP contribution in [0, 0.1) is 62.6 Å². The fourth-order valence-corrected chi connectivity index (χ4v) is 12.6. The molecule has 0 aromatic heterocycles. The number of carbonyl (C=O) groups excluding carboxylic acids is 2. The molecule has 0 bridgehead atoms. The van der Waals surface area contributed by atoms with Gasteiger partial charge in [0, 0.05) is 11.8 Å². The van der Waals surface area contributed by atoms with E-state index in [0.717, 1.165) is 44.9 Å². The van der Waals surface area contributed by atoms with Gasteiger partial charge in [-0.05, 0) is 122 Å². The molecule has 0 amide bonds. The van der Waals surface area contributed by atoms with Gasteiger partial charge in [0.05, 0.1) is 26.5 Å². The molecule has 0 aromatic carbocycles. The Morgan fingerprint density at radius 1 is 0.864 bits per heavy atom. The van der Waals surface area contributed by atoms with Crippen molar-refractivity contribution in [3.05, 3.63) is 0 Å². The number of Topliss-reactive ketones (excluding diaryl/α,β-unsaturated/α-hetero) is 1. The van der Waals surface area contributed by atoms with Crippen molar-refractivity contribution in [1.82, 2.24) is 0 Å². The second kappa shape index (κ2) is 13.9. The summed E-state index contributed by atoms with van der Waals surface area (Å²) in [6.45, 7) is 16.8. The van der Waals surface area contributed by atoms with E-state index in [4.69, 9.17) is 4.74 Å². The van der Waals surface area contributed by atoms with Crippen molar-refractivity contribution in [2.45, 2.75) is 126 Å². The Morgan fingerprint density at radius 3 is 2.16 bits per heavy atom. The van der Waals surface area contributed by atoms with Gasteiger partial charge in [-0.2, -0.15) is 0 Å². The van der Waals surface area contributed by atoms with Gasteiger partial charge in [0.2, 0.25) is 0 Å². The number of unbranched alkanes of at least 4 members (excludes halogenated alkanes) is 1. The van der Waals surface area contributed by atoms with Gasteiger partial charge >= 0.3 is 65.1 Å². The number of hydrogen-bond acceptors (Lipinski definition) is 7. The molecule has 240 valence electrons. The third-order valence-electron chi connectivity index (χ3n) is 14.5. The van der Waals surface area contributed by atoms with Crippen LogP contribution in [0.25, 0.3) is 0 Å². The molecule has 0 N–H and O–H groups in total. The number of rotatable bonds is 8. The van der Waals surface area contributed by atoms with Crippen molar-refractivity contribution >= 4 is 19.6 Å². The van der Waals surface area contributed by atoms with Crippen LogP contribution in [0.15, 0.2) is 0 Å². The first kappa shape index (κ1) is 39.7. The number of phosphoric ester groups is 1. The summed E-state index contributed by atoms with van der Waals surface area (Å²) in [5, 5.41) is 0. The normalized spacial score (nSPS) is 42.6. The third-order valence-corrected chi connectivity index (χ3v) is 15.0. The maximum Gasteiger partial charge on any atom is 1.00 e. The topological polar surface area (TPSA) is 116 Å². The number of fused-ring (bicyclic) bond motifs is 7. The van der Waals surface area contributed by atoms with E-state index in [2.05, 4.69) is 53.0 Å². The van der Waals surface area contributed by atoms with Crippen LogP contribution in [0.2, 0.25) is 0 Å². The van der Waals surface area contributed by atoms with Gasteiger partial charge in [-0.3, -0.25) is 9.59 Å². The second-order valence-corrected chi connectivity index (χ2v) is 17.7. The molecule has 10 heteroatoms. The minimum absolute atomic E-state index is 0. The van der Waals surface area contributed by atoms with Crippen LogP contribution in [0.3, 0.4) is 0 Å². The fraction of sp³-hybridized carbons (Fsp3) is 0.941. The minimum Gasteiger partial charge on any atom is -0.790 e. The number of hydrogen-bond donors (Lipinski definition) is 0. The Balaban J connectivity index is 0.00000264. The van der Waals surface area contributed by atoms with Crippen molar-refractivity contribution in [3.8, 4) is 0 Å². The number of esters is 1. The molecule has 0 heterocycles. The van der Waals surface area contributed by atoms with Gasteiger partial charge in [-0.1, -0.05) is 48.5 Å². The Labute approximate surface area is 310 Å². The Morgan fingerprint density at radius 2 is 1.52 bits per heavy atom. The van der Waals surface area contributed by atoms with Gasteiger partial charge in [-0.25, -0.2) is 0 Å². The van der Waals surface area contributed by atoms with E-state index in [1.807, 2.05) is 0 Å². The van der Waals surface area contributed by atoms with Crippen LogP contribution in [-0.4, -0.2) is 25.0 Å². The van der Waals surface area contributed by atoms with E-state index < -0.39 is 13.2 Å². The van der Waals surface area contributed by atoms with E-state index in [9.17, 15) is 23.9 Å². The largest absolute Gasteiger partial charge is 1.00 e. The monoisotopic (exact) mass is 652 g/mol. The zero-order valence-corrected chi connectivity index (χ0v) is 34.1. The smallest absolute Gasteiger partial charge is 0.790 e. The van der Waals surface area contributed by atoms with E-state index >= 15 is 0 Å². The Kier molecular flexibility index (Phi) is 12.5. The van der Waals surface area contributed by atoms with E-state index in [0.29, 0.717) is 60.6 Å². The first-order valence-corrected chi connectivity index (χ1v) is 18.3. The molecule has 0 aromatic rings. The molecule has 0 radical (unpaired) electrons. The molecular formula is C34H55Na2O7P. The number of carbonyl (C=O) groups is 2. The van der Waals surface area contributed by atoms with Crippen molar-refractivity contribution in [2.24, 2.45) is 62.6 Å². The van der Waals surface area contributed by atoms with Gasteiger partial charge in [0.15, 0.2) is 0 Å². The Hall–Kier alpha value is 1.25. The molecular weight excluding hydrogens is 597 g/mol. The number of ketones is 1. The van der Waals surface area contributed by atoms with Crippen LogP contribution >= 0.6 is 7.82 Å². The summed E-state index contributed by atoms with van der Waals surface area (Å²) < 4.78 is 21.0. The van der Waals surface area contributed by atoms with Gasteiger partial charge in [0.1, 0.15) is 5.78 Å². The van der Waals surface area contributed by atoms with Crippen molar-refractivity contribution in [2.75, 3.05) is 13.2 Å². The maximum absolute atomic E-state index is 14.0. The average molecular weight is 653 g/mol. The quantitative estimate of drug-likeness (QED) is 0.162. The third kappa shape index (κ3) is 6.35. The van der Waals surface area contributed by atoms with Crippen LogP contribution in [0.4, 0.5) is 0 Å². The molecule has 5 saturated carbocycles. The minimum atomic E-state index is -4.97. The number of phosphoric acid groups is 1. The zero-order chi connectivity index (χ0) is 30.9. The van der Waals surface area contributed by atoms with Crippen molar-refractivity contribution < 1.29 is 92.3 Å². The summed E-state index contributed by atoms with van der Waals surface area (Å²) >= 11 is 0. The van der Waals surface area contributed by atoms with E-state index in [-0.39, 0.29) is 100.0 Å². The maximum atomic E-state index is 14.0. The van der Waals surface area contributed by atoms with Gasteiger partial charge < -0.3 is 23.6 Å². The first-order valence-electron chi connectivity index (χ1n) is 16.8. The molecule has 0 spiro atoms. The van der Waals surface area contributed by atoms with Crippen molar-refractivity contribution in [1.29, 1.82) is 0 Å². The summed E-state index contributed by atoms with van der Waals surface area (Å²) in [6.07, 6.45) is 11.0. The molecule has 44 heavy (non-hydrogen) atoms. The summed E-state index contributed by atoms with van der Waals surface area (Å²) in [5.74, 6) is 3.21. The van der Waals surface area contributed by atoms with Gasteiger partial charge in [0.25, 0.3) is 0 Å². The molecule has 5 rings (SSSR count). The first-order chi connectivity index (χ1) is 19.4. The SMILES string of the molecule is CC(C)[C@@H]1CC[C@]2(C(=O)OCCCCOP(=O)([O-])[O-])CC[C@]3(C)[C@H](CC[C@@H]4[C@@]5(C)CCC(=O)C(C)(C)[C@@H]5CC[C@]43C)[C@@H]12.[Na+].[Na+]. The summed E-state index contributed by atoms with van der Waals surface area (Å²) in [5.41, 5.74) is -0.196. The molecule has 0 saturated heterocycles. The second-order valence-electron chi connectivity index (χ2n) is 16.6. The standard InChI is InChI=1S/C34H57O7P.2Na/c1-22(2)23-12-17-34(29(36)40-20-8-9-21-41-42(37,38)39)19-18-32(6)24(28(23)34)10-11-26-31(5)15-14-27(35)30(3,4)25(31)13-16-33(26,32)7;;/h22-26,28H,8-21H2,1-7H3,(H2,37,38,39);;/q;2*+1/p-2/t23-,24+,25-,26+,28+,31-,32+,33+,34-;;/m0../s1. The molecule has 9 atom stereocenters. The Bertz CT molecular complexity index is 1120. The van der Waals surface area contributed by atoms with Crippen LogP contribution in [0.5, 0.6) is 0 Å².